The fourth-order valence-corrected chi connectivity index (χ4v) is 3.74. The van der Waals surface area contributed by atoms with Crippen LogP contribution in [0, 0.1) is 6.92 Å². The summed E-state index contributed by atoms with van der Waals surface area (Å²) in [5.74, 6) is -0.938. The molecule has 0 amide bonds. The molecule has 1 aliphatic carbocycles. The number of carbonyl (C=O) groups is 1. The van der Waals surface area contributed by atoms with E-state index in [9.17, 15) is 14.5 Å². The van der Waals surface area contributed by atoms with Crippen LogP contribution in [0.4, 0.5) is 0 Å². The molecule has 0 fully saturated rings. The highest BCUT2D eigenvalue weighted by Crippen LogP contribution is 2.38. The third-order valence-electron chi connectivity index (χ3n) is 4.44. The summed E-state index contributed by atoms with van der Waals surface area (Å²) in [5.41, 5.74) is 6.26. The van der Waals surface area contributed by atoms with Crippen LogP contribution < -0.4 is 0 Å². The summed E-state index contributed by atoms with van der Waals surface area (Å²) in [5, 5.41) is 9.80. The maximum Gasteiger partial charge on any atom is 0.336 e. The average Bonchev–Trinajstić information content (AvgIpc) is 2.88. The van der Waals surface area contributed by atoms with Crippen molar-refractivity contribution in [3.05, 3.63) is 75.9 Å². The lowest BCUT2D eigenvalue weighted by Gasteiger charge is -2.10. The SMILES string of the molecule is CC1=C(C(=Cc2ccc([S+](C)[O-])cc2)C(=O)O)c2cc(C)ccc2C1. The second-order valence-corrected chi connectivity index (χ2v) is 7.76. The molecule has 0 saturated carbocycles. The highest BCUT2D eigenvalue weighted by atomic mass is 32.2. The van der Waals surface area contributed by atoms with Crippen LogP contribution >= 0.6 is 0 Å². The minimum Gasteiger partial charge on any atom is -0.612 e. The summed E-state index contributed by atoms with van der Waals surface area (Å²) in [4.78, 5) is 12.7. The Morgan fingerprint density at radius 1 is 1.16 bits per heavy atom. The highest BCUT2D eigenvalue weighted by molar-refractivity contribution is 7.90. The molecule has 2 aromatic rings. The first kappa shape index (κ1) is 17.5. The molecule has 0 heterocycles. The fourth-order valence-electron chi connectivity index (χ4n) is 3.22. The van der Waals surface area contributed by atoms with Crippen LogP contribution in [0.25, 0.3) is 11.6 Å². The van der Waals surface area contributed by atoms with E-state index in [0.717, 1.165) is 39.2 Å². The van der Waals surface area contributed by atoms with Gasteiger partial charge in [0.1, 0.15) is 6.26 Å². The molecule has 0 radical (unpaired) electrons. The zero-order valence-electron chi connectivity index (χ0n) is 14.5. The van der Waals surface area contributed by atoms with Crippen LogP contribution in [-0.4, -0.2) is 21.9 Å². The topological polar surface area (TPSA) is 60.4 Å². The molecule has 1 atom stereocenters. The largest absolute Gasteiger partial charge is 0.612 e. The standard InChI is InChI=1S/C21H20O3S/c1-13-4-7-16-11-14(2)20(18(16)10-13)19(21(22)23)12-15-5-8-17(9-6-15)25(3)24/h4-10,12H,11H2,1-3H3,(H,22,23). The smallest absolute Gasteiger partial charge is 0.336 e. The maximum absolute atomic E-state index is 12.0. The number of aliphatic carboxylic acids is 1. The predicted octanol–water partition coefficient (Wildman–Crippen LogP) is 4.23. The van der Waals surface area contributed by atoms with Gasteiger partial charge in [-0.3, -0.25) is 0 Å². The second-order valence-electron chi connectivity index (χ2n) is 6.38. The normalized spacial score (nSPS) is 15.3. The molecule has 0 aliphatic heterocycles. The molecule has 0 spiro atoms. The summed E-state index contributed by atoms with van der Waals surface area (Å²) in [6.45, 7) is 4.00. The van der Waals surface area contributed by atoms with Crippen molar-refractivity contribution in [1.29, 1.82) is 0 Å². The second kappa shape index (κ2) is 6.90. The van der Waals surface area contributed by atoms with Crippen molar-refractivity contribution in [2.75, 3.05) is 6.26 Å². The minimum absolute atomic E-state index is 0.298. The van der Waals surface area contributed by atoms with Gasteiger partial charge in [0.25, 0.3) is 0 Å². The van der Waals surface area contributed by atoms with E-state index in [4.69, 9.17) is 0 Å². The van der Waals surface area contributed by atoms with Crippen LogP contribution in [0.1, 0.15) is 29.2 Å². The quantitative estimate of drug-likeness (QED) is 0.662. The third kappa shape index (κ3) is 3.55. The molecule has 25 heavy (non-hydrogen) atoms. The van der Waals surface area contributed by atoms with Crippen molar-refractivity contribution in [2.24, 2.45) is 0 Å². The molecule has 0 bridgehead atoms. The van der Waals surface area contributed by atoms with Crippen molar-refractivity contribution in [1.82, 2.24) is 0 Å². The monoisotopic (exact) mass is 352 g/mol. The Morgan fingerprint density at radius 3 is 2.44 bits per heavy atom. The number of carboxylic acid groups (broad SMARTS) is 1. The number of fused-ring (bicyclic) bond motifs is 1. The Balaban J connectivity index is 2.07. The minimum atomic E-state index is -1.05. The van der Waals surface area contributed by atoms with E-state index in [0.29, 0.717) is 5.57 Å². The van der Waals surface area contributed by atoms with Gasteiger partial charge in [-0.2, -0.15) is 0 Å². The van der Waals surface area contributed by atoms with E-state index < -0.39 is 17.1 Å². The van der Waals surface area contributed by atoms with E-state index in [1.165, 1.54) is 5.56 Å². The van der Waals surface area contributed by atoms with Gasteiger partial charge in [-0.05, 0) is 84.0 Å². The molecule has 4 heteroatoms. The van der Waals surface area contributed by atoms with Crippen molar-refractivity contribution in [3.8, 4) is 0 Å². The van der Waals surface area contributed by atoms with Gasteiger partial charge in [-0.15, -0.1) is 0 Å². The summed E-state index contributed by atoms with van der Waals surface area (Å²) < 4.78 is 11.5. The van der Waals surface area contributed by atoms with Gasteiger partial charge in [0.05, 0.1) is 5.57 Å². The number of rotatable bonds is 4. The number of hydrogen-bond donors (Lipinski definition) is 1. The van der Waals surface area contributed by atoms with E-state index in [2.05, 4.69) is 18.2 Å². The molecule has 3 rings (SSSR count). The van der Waals surface area contributed by atoms with Crippen LogP contribution in [0.2, 0.25) is 0 Å². The summed E-state index contributed by atoms with van der Waals surface area (Å²) in [6, 6.07) is 13.4. The van der Waals surface area contributed by atoms with Crippen molar-refractivity contribution >= 4 is 28.8 Å². The molecule has 1 N–H and O–H groups in total. The molecule has 1 unspecified atom stereocenters. The van der Waals surface area contributed by atoms with Gasteiger partial charge in [-0.25, -0.2) is 4.79 Å². The molecule has 0 saturated heterocycles. The average molecular weight is 352 g/mol. The Bertz CT molecular complexity index is 890. The lowest BCUT2D eigenvalue weighted by molar-refractivity contribution is -0.132. The molecule has 128 valence electrons. The van der Waals surface area contributed by atoms with Crippen LogP contribution in [0.5, 0.6) is 0 Å². The van der Waals surface area contributed by atoms with E-state index in [1.807, 2.05) is 26.0 Å². The van der Waals surface area contributed by atoms with Crippen LogP contribution in [0.15, 0.2) is 58.5 Å². The lowest BCUT2D eigenvalue weighted by Crippen LogP contribution is -2.04. The van der Waals surface area contributed by atoms with Gasteiger partial charge in [0.15, 0.2) is 4.90 Å². The van der Waals surface area contributed by atoms with Crippen LogP contribution in [0.3, 0.4) is 0 Å². The zero-order chi connectivity index (χ0) is 18.1. The number of benzene rings is 2. The number of carboxylic acids is 1. The number of allylic oxidation sites excluding steroid dienone is 1. The lowest BCUT2D eigenvalue weighted by atomic mass is 9.95. The van der Waals surface area contributed by atoms with Gasteiger partial charge in [0, 0.05) is 0 Å². The Morgan fingerprint density at radius 2 is 1.84 bits per heavy atom. The molecule has 2 aromatic carbocycles. The van der Waals surface area contributed by atoms with Crippen molar-refractivity contribution in [2.45, 2.75) is 25.2 Å². The van der Waals surface area contributed by atoms with E-state index in [1.54, 1.807) is 24.5 Å². The zero-order valence-corrected chi connectivity index (χ0v) is 15.3. The maximum atomic E-state index is 12.0. The molecule has 0 aromatic heterocycles. The molecule has 1 aliphatic rings. The van der Waals surface area contributed by atoms with Crippen LogP contribution in [-0.2, 0) is 22.4 Å². The van der Waals surface area contributed by atoms with Gasteiger partial charge >= 0.3 is 5.97 Å². The summed E-state index contributed by atoms with van der Waals surface area (Å²) in [6.07, 6.45) is 4.10. The Hall–Kier alpha value is -2.30. The van der Waals surface area contributed by atoms with Crippen molar-refractivity contribution < 1.29 is 14.5 Å². The van der Waals surface area contributed by atoms with Gasteiger partial charge in [-0.1, -0.05) is 29.3 Å². The van der Waals surface area contributed by atoms with Crippen molar-refractivity contribution in [3.63, 3.8) is 0 Å². The third-order valence-corrected chi connectivity index (χ3v) is 5.38. The first-order valence-electron chi connectivity index (χ1n) is 8.05. The molecular weight excluding hydrogens is 332 g/mol. The first-order valence-corrected chi connectivity index (χ1v) is 9.61. The fraction of sp³-hybridized carbons (Fsp3) is 0.190. The Labute approximate surface area is 150 Å². The number of hydrogen-bond acceptors (Lipinski definition) is 2. The van der Waals surface area contributed by atoms with E-state index >= 15 is 0 Å². The Kier molecular flexibility index (Phi) is 4.84. The highest BCUT2D eigenvalue weighted by Gasteiger charge is 2.25. The van der Waals surface area contributed by atoms with Gasteiger partial charge in [0.2, 0.25) is 0 Å². The summed E-state index contributed by atoms with van der Waals surface area (Å²) in [7, 11) is 0. The molecular formula is C21H20O3S. The summed E-state index contributed by atoms with van der Waals surface area (Å²) >= 11 is -1.05. The van der Waals surface area contributed by atoms with Gasteiger partial charge < -0.3 is 9.66 Å². The van der Waals surface area contributed by atoms with E-state index in [-0.39, 0.29) is 0 Å². The number of aryl methyl sites for hydroxylation is 1. The first-order chi connectivity index (χ1) is 11.9. The predicted molar refractivity (Wildman–Crippen MR) is 102 cm³/mol. The molecule has 3 nitrogen and oxygen atoms in total.